The average Bonchev–Trinajstić information content (AvgIpc) is 3.05. The normalized spacial score (nSPS) is 12.8. The molecule has 0 amide bonds. The molecule has 4 nitrogen and oxygen atoms in total. The Hall–Kier alpha value is -2.27. The highest BCUT2D eigenvalue weighted by Gasteiger charge is 2.24. The van der Waals surface area contributed by atoms with Crippen molar-refractivity contribution in [1.29, 1.82) is 0 Å². The predicted octanol–water partition coefficient (Wildman–Crippen LogP) is 3.78. The van der Waals surface area contributed by atoms with Gasteiger partial charge in [0.15, 0.2) is 0 Å². The molecule has 5 heteroatoms. The van der Waals surface area contributed by atoms with E-state index < -0.39 is 0 Å². The van der Waals surface area contributed by atoms with Gasteiger partial charge in [-0.15, -0.1) is 11.3 Å². The first-order chi connectivity index (χ1) is 11.7. The molecule has 1 aromatic carbocycles. The van der Waals surface area contributed by atoms with Crippen LogP contribution in [-0.2, 0) is 25.7 Å². The monoisotopic (exact) mass is 337 g/mol. The van der Waals surface area contributed by atoms with E-state index in [-0.39, 0.29) is 5.56 Å². The standard InChI is InChI=1S/C19H19N3OS/c1-3-12-14(4-2)21-22-18(23)16(12)19-20-17-13-8-6-5-7-11(13)9-10-15(17)24-19/h5-8H,3-4,9-10H2,1-2H3,(H,22,23). The molecule has 0 saturated carbocycles. The van der Waals surface area contributed by atoms with Gasteiger partial charge in [-0.05, 0) is 36.8 Å². The van der Waals surface area contributed by atoms with Crippen LogP contribution in [-0.4, -0.2) is 15.2 Å². The van der Waals surface area contributed by atoms with Crippen LogP contribution in [0, 0.1) is 0 Å². The lowest BCUT2D eigenvalue weighted by molar-refractivity contribution is 0.861. The number of hydrogen-bond donors (Lipinski definition) is 1. The lowest BCUT2D eigenvalue weighted by atomic mass is 9.94. The van der Waals surface area contributed by atoms with E-state index in [1.165, 1.54) is 16.0 Å². The summed E-state index contributed by atoms with van der Waals surface area (Å²) in [5.74, 6) is 0. The molecule has 0 bridgehead atoms. The van der Waals surface area contributed by atoms with Crippen molar-refractivity contribution in [1.82, 2.24) is 15.2 Å². The van der Waals surface area contributed by atoms with Crippen molar-refractivity contribution in [3.05, 3.63) is 56.3 Å². The lowest BCUT2D eigenvalue weighted by Crippen LogP contribution is -2.16. The van der Waals surface area contributed by atoms with Gasteiger partial charge in [-0.3, -0.25) is 4.79 Å². The van der Waals surface area contributed by atoms with Crippen LogP contribution < -0.4 is 5.56 Å². The number of thiazole rings is 1. The zero-order chi connectivity index (χ0) is 16.7. The lowest BCUT2D eigenvalue weighted by Gasteiger charge is -2.13. The summed E-state index contributed by atoms with van der Waals surface area (Å²) in [7, 11) is 0. The summed E-state index contributed by atoms with van der Waals surface area (Å²) in [4.78, 5) is 18.6. The van der Waals surface area contributed by atoms with Crippen LogP contribution in [0.15, 0.2) is 29.1 Å². The molecule has 1 aliphatic carbocycles. The number of nitrogens with one attached hydrogen (secondary N) is 1. The maximum atomic E-state index is 12.5. The fraction of sp³-hybridized carbons (Fsp3) is 0.316. The van der Waals surface area contributed by atoms with E-state index >= 15 is 0 Å². The Morgan fingerprint density at radius 1 is 1.17 bits per heavy atom. The van der Waals surface area contributed by atoms with Gasteiger partial charge in [0.2, 0.25) is 0 Å². The first-order valence-electron chi connectivity index (χ1n) is 8.41. The molecule has 0 fully saturated rings. The highest BCUT2D eigenvalue weighted by Crippen LogP contribution is 2.39. The number of aryl methyl sites for hydroxylation is 3. The van der Waals surface area contributed by atoms with Crippen molar-refractivity contribution in [2.75, 3.05) is 0 Å². The Labute approximate surface area is 144 Å². The molecular weight excluding hydrogens is 318 g/mol. The quantitative estimate of drug-likeness (QED) is 0.791. The minimum absolute atomic E-state index is 0.136. The predicted molar refractivity (Wildman–Crippen MR) is 97.6 cm³/mol. The molecule has 0 saturated heterocycles. The van der Waals surface area contributed by atoms with E-state index in [1.54, 1.807) is 11.3 Å². The van der Waals surface area contributed by atoms with E-state index in [0.717, 1.165) is 47.6 Å². The molecule has 122 valence electrons. The van der Waals surface area contributed by atoms with Crippen LogP contribution in [0.5, 0.6) is 0 Å². The molecule has 0 aliphatic heterocycles. The second-order valence-corrected chi connectivity index (χ2v) is 7.09. The number of nitrogens with zero attached hydrogens (tertiary/aromatic N) is 2. The SMILES string of the molecule is CCc1n[nH]c(=O)c(-c2nc3c(s2)CCc2ccccc2-3)c1CC. The van der Waals surface area contributed by atoms with Crippen molar-refractivity contribution in [2.24, 2.45) is 0 Å². The molecule has 1 aliphatic rings. The molecule has 4 rings (SSSR count). The van der Waals surface area contributed by atoms with Crippen LogP contribution in [0.1, 0.15) is 35.5 Å². The first kappa shape index (κ1) is 15.3. The van der Waals surface area contributed by atoms with Gasteiger partial charge in [0.1, 0.15) is 5.01 Å². The van der Waals surface area contributed by atoms with E-state index in [9.17, 15) is 4.79 Å². The summed E-state index contributed by atoms with van der Waals surface area (Å²) in [5.41, 5.74) is 6.16. The fourth-order valence-corrected chi connectivity index (χ4v) is 4.62. The van der Waals surface area contributed by atoms with Gasteiger partial charge < -0.3 is 0 Å². The van der Waals surface area contributed by atoms with Gasteiger partial charge in [-0.1, -0.05) is 38.1 Å². The minimum atomic E-state index is -0.136. The second kappa shape index (κ2) is 5.98. The second-order valence-electron chi connectivity index (χ2n) is 6.01. The summed E-state index contributed by atoms with van der Waals surface area (Å²) in [5, 5.41) is 7.69. The molecule has 1 N–H and O–H groups in total. The smallest absolute Gasteiger partial charge is 0.267 e. The molecule has 3 aromatic rings. The van der Waals surface area contributed by atoms with E-state index in [4.69, 9.17) is 4.98 Å². The zero-order valence-corrected chi connectivity index (χ0v) is 14.7. The third-order valence-corrected chi connectivity index (χ3v) is 5.80. The summed E-state index contributed by atoms with van der Waals surface area (Å²) in [6, 6.07) is 8.43. The van der Waals surface area contributed by atoms with Crippen LogP contribution >= 0.6 is 11.3 Å². The van der Waals surface area contributed by atoms with Crippen LogP contribution in [0.25, 0.3) is 21.8 Å². The highest BCUT2D eigenvalue weighted by atomic mass is 32.1. The Kier molecular flexibility index (Phi) is 3.81. The maximum Gasteiger partial charge on any atom is 0.274 e. The molecule has 0 spiro atoms. The van der Waals surface area contributed by atoms with E-state index in [1.807, 2.05) is 0 Å². The molecule has 0 radical (unpaired) electrons. The summed E-state index contributed by atoms with van der Waals surface area (Å²) in [6.45, 7) is 4.13. The molecule has 2 aromatic heterocycles. The third kappa shape index (κ3) is 2.31. The van der Waals surface area contributed by atoms with Crippen LogP contribution in [0.4, 0.5) is 0 Å². The summed E-state index contributed by atoms with van der Waals surface area (Å²) >= 11 is 1.66. The molecule has 0 atom stereocenters. The Morgan fingerprint density at radius 3 is 2.79 bits per heavy atom. The molecular formula is C19H19N3OS. The van der Waals surface area contributed by atoms with Gasteiger partial charge in [0.05, 0.1) is 17.0 Å². The first-order valence-corrected chi connectivity index (χ1v) is 9.23. The summed E-state index contributed by atoms with van der Waals surface area (Å²) < 4.78 is 0. The number of rotatable bonds is 3. The van der Waals surface area contributed by atoms with Crippen molar-refractivity contribution >= 4 is 11.3 Å². The number of aromatic nitrogens is 3. The fourth-order valence-electron chi connectivity index (χ4n) is 3.48. The molecule has 0 unspecified atom stereocenters. The van der Waals surface area contributed by atoms with Gasteiger partial charge in [0, 0.05) is 10.4 Å². The number of fused-ring (bicyclic) bond motifs is 3. The Bertz CT molecular complexity index is 971. The van der Waals surface area contributed by atoms with Crippen LogP contribution in [0.3, 0.4) is 0 Å². The van der Waals surface area contributed by atoms with Crippen molar-refractivity contribution in [2.45, 2.75) is 39.5 Å². The minimum Gasteiger partial charge on any atom is -0.267 e. The number of benzene rings is 1. The molecule has 2 heterocycles. The Morgan fingerprint density at radius 2 is 2.00 bits per heavy atom. The van der Waals surface area contributed by atoms with Crippen LogP contribution in [0.2, 0.25) is 0 Å². The van der Waals surface area contributed by atoms with E-state index in [0.29, 0.717) is 5.56 Å². The topological polar surface area (TPSA) is 58.6 Å². The highest BCUT2D eigenvalue weighted by molar-refractivity contribution is 7.15. The van der Waals surface area contributed by atoms with Gasteiger partial charge >= 0.3 is 0 Å². The van der Waals surface area contributed by atoms with Gasteiger partial charge in [-0.2, -0.15) is 5.10 Å². The number of H-pyrrole nitrogens is 1. The maximum absolute atomic E-state index is 12.5. The molecule has 24 heavy (non-hydrogen) atoms. The van der Waals surface area contributed by atoms with Crippen molar-refractivity contribution < 1.29 is 0 Å². The van der Waals surface area contributed by atoms with E-state index in [2.05, 4.69) is 48.3 Å². The van der Waals surface area contributed by atoms with Gasteiger partial charge in [-0.25, -0.2) is 10.1 Å². The number of hydrogen-bond acceptors (Lipinski definition) is 4. The van der Waals surface area contributed by atoms with Gasteiger partial charge in [0.25, 0.3) is 5.56 Å². The number of aromatic amines is 1. The summed E-state index contributed by atoms with van der Waals surface area (Å²) in [6.07, 6.45) is 3.63. The zero-order valence-electron chi connectivity index (χ0n) is 13.8. The third-order valence-electron chi connectivity index (χ3n) is 4.66. The Balaban J connectivity index is 1.93. The van der Waals surface area contributed by atoms with Crippen molar-refractivity contribution in [3.8, 4) is 21.8 Å². The largest absolute Gasteiger partial charge is 0.274 e. The average molecular weight is 337 g/mol. The van der Waals surface area contributed by atoms with Crippen molar-refractivity contribution in [3.63, 3.8) is 0 Å².